The van der Waals surface area contributed by atoms with Gasteiger partial charge in [0.1, 0.15) is 0 Å². The first-order chi connectivity index (χ1) is 14.5. The molecule has 1 aromatic heterocycles. The monoisotopic (exact) mass is 538 g/mol. The average molecular weight is 539 g/mol. The molecule has 2 aromatic rings. The summed E-state index contributed by atoms with van der Waals surface area (Å²) in [6, 6.07) is 11.8. The lowest BCUT2D eigenvalue weighted by molar-refractivity contribution is 0.152. The van der Waals surface area contributed by atoms with Gasteiger partial charge in [-0.3, -0.25) is 14.6 Å². The molecule has 1 aliphatic heterocycles. The summed E-state index contributed by atoms with van der Waals surface area (Å²) >= 11 is 0. The summed E-state index contributed by atoms with van der Waals surface area (Å²) in [4.78, 5) is 6.94. The van der Waals surface area contributed by atoms with Crippen molar-refractivity contribution in [2.24, 2.45) is 4.99 Å². The fourth-order valence-corrected chi connectivity index (χ4v) is 4.13. The minimum atomic E-state index is 0. The molecule has 0 bridgehead atoms. The molecule has 3 rings (SSSR count). The molecule has 172 valence electrons. The number of piperidine rings is 1. The van der Waals surface area contributed by atoms with Crippen LogP contribution in [0.25, 0.3) is 0 Å². The van der Waals surface area contributed by atoms with Gasteiger partial charge in [0.05, 0.1) is 5.69 Å². The number of hydrogen-bond donors (Lipinski definition) is 2. The molecular weight excluding hydrogens is 499 g/mol. The molecule has 0 radical (unpaired) electrons. The molecule has 2 heterocycles. The number of likely N-dealkylation sites (tertiary alicyclic amines) is 1. The maximum atomic E-state index is 4.51. The van der Waals surface area contributed by atoms with Crippen molar-refractivity contribution in [2.45, 2.75) is 72.1 Å². The molecule has 6 nitrogen and oxygen atoms in total. The summed E-state index contributed by atoms with van der Waals surface area (Å²) < 4.78 is 2.07. The van der Waals surface area contributed by atoms with Gasteiger partial charge in [-0.2, -0.15) is 5.10 Å². The van der Waals surface area contributed by atoms with Gasteiger partial charge < -0.3 is 10.6 Å². The number of hydrogen-bond acceptors (Lipinski definition) is 3. The molecule has 1 fully saturated rings. The number of benzene rings is 1. The summed E-state index contributed by atoms with van der Waals surface area (Å²) in [7, 11) is 1.82. The Morgan fingerprint density at radius 2 is 1.87 bits per heavy atom. The van der Waals surface area contributed by atoms with E-state index in [1.165, 1.54) is 42.6 Å². The third-order valence-electron chi connectivity index (χ3n) is 5.98. The van der Waals surface area contributed by atoms with Crippen molar-refractivity contribution in [2.75, 3.05) is 20.1 Å². The van der Waals surface area contributed by atoms with E-state index >= 15 is 0 Å². The minimum absolute atomic E-state index is 0. The van der Waals surface area contributed by atoms with E-state index in [2.05, 4.69) is 74.5 Å². The Kier molecular flexibility index (Phi) is 10.8. The van der Waals surface area contributed by atoms with Crippen molar-refractivity contribution in [3.63, 3.8) is 0 Å². The van der Waals surface area contributed by atoms with Crippen LogP contribution in [0.2, 0.25) is 0 Å². The Hall–Kier alpha value is -1.61. The van der Waals surface area contributed by atoms with Gasteiger partial charge in [0, 0.05) is 45.0 Å². The molecule has 1 aromatic carbocycles. The standard InChI is InChI=1S/C24H38N6.HI/c1-19-16-21(3)30(28-19)15-7-13-26-24(25-4)27-17-22-9-11-23(12-10-22)18-29-14-6-5-8-20(29)2;/h9-12,16,20H,5-8,13-15,17-18H2,1-4H3,(H2,25,26,27);1H. The van der Waals surface area contributed by atoms with Crippen molar-refractivity contribution in [3.8, 4) is 0 Å². The largest absolute Gasteiger partial charge is 0.356 e. The summed E-state index contributed by atoms with van der Waals surface area (Å²) in [6.07, 6.45) is 5.04. The second-order valence-corrected chi connectivity index (χ2v) is 8.49. The number of guanidine groups is 1. The number of aryl methyl sites for hydroxylation is 3. The van der Waals surface area contributed by atoms with Crippen molar-refractivity contribution in [1.29, 1.82) is 0 Å². The number of rotatable bonds is 8. The lowest BCUT2D eigenvalue weighted by atomic mass is 10.0. The Morgan fingerprint density at radius 3 is 2.52 bits per heavy atom. The summed E-state index contributed by atoms with van der Waals surface area (Å²) in [5, 5.41) is 11.3. The van der Waals surface area contributed by atoms with Gasteiger partial charge in [-0.05, 0) is 63.8 Å². The molecule has 1 saturated heterocycles. The van der Waals surface area contributed by atoms with Gasteiger partial charge in [0.25, 0.3) is 0 Å². The molecule has 1 unspecified atom stereocenters. The molecule has 2 N–H and O–H groups in total. The lowest BCUT2D eigenvalue weighted by Crippen LogP contribution is -2.37. The predicted molar refractivity (Wildman–Crippen MR) is 140 cm³/mol. The highest BCUT2D eigenvalue weighted by atomic mass is 127. The van der Waals surface area contributed by atoms with E-state index in [1.54, 1.807) is 0 Å². The highest BCUT2D eigenvalue weighted by Gasteiger charge is 2.17. The summed E-state index contributed by atoms with van der Waals surface area (Å²) in [5.41, 5.74) is 4.97. The fraction of sp³-hybridized carbons (Fsp3) is 0.583. The molecule has 0 amide bonds. The first-order valence-corrected chi connectivity index (χ1v) is 11.3. The van der Waals surface area contributed by atoms with Crippen LogP contribution in [0, 0.1) is 13.8 Å². The van der Waals surface area contributed by atoms with Crippen molar-refractivity contribution < 1.29 is 0 Å². The average Bonchev–Trinajstić information content (AvgIpc) is 3.07. The van der Waals surface area contributed by atoms with Crippen molar-refractivity contribution in [1.82, 2.24) is 25.3 Å². The number of halogens is 1. The van der Waals surface area contributed by atoms with Crippen LogP contribution in [0.15, 0.2) is 35.3 Å². The van der Waals surface area contributed by atoms with Gasteiger partial charge in [-0.25, -0.2) is 0 Å². The predicted octanol–water partition coefficient (Wildman–Crippen LogP) is 4.25. The first-order valence-electron chi connectivity index (χ1n) is 11.3. The quantitative estimate of drug-likeness (QED) is 0.229. The van der Waals surface area contributed by atoms with E-state index in [4.69, 9.17) is 0 Å². The summed E-state index contributed by atoms with van der Waals surface area (Å²) in [5.74, 6) is 0.842. The zero-order valence-electron chi connectivity index (χ0n) is 19.5. The van der Waals surface area contributed by atoms with Crippen LogP contribution in [0.4, 0.5) is 0 Å². The molecule has 31 heavy (non-hydrogen) atoms. The van der Waals surface area contributed by atoms with Crippen molar-refractivity contribution in [3.05, 3.63) is 52.8 Å². The van der Waals surface area contributed by atoms with Gasteiger partial charge in [-0.15, -0.1) is 24.0 Å². The van der Waals surface area contributed by atoms with Crippen molar-refractivity contribution >= 4 is 29.9 Å². The van der Waals surface area contributed by atoms with E-state index in [0.29, 0.717) is 6.04 Å². The Balaban J connectivity index is 0.00000341. The van der Waals surface area contributed by atoms with E-state index in [-0.39, 0.29) is 24.0 Å². The molecule has 0 aliphatic carbocycles. The van der Waals surface area contributed by atoms with Crippen LogP contribution < -0.4 is 10.6 Å². The molecule has 1 aliphatic rings. The molecule has 0 saturated carbocycles. The van der Waals surface area contributed by atoms with Gasteiger partial charge >= 0.3 is 0 Å². The third kappa shape index (κ3) is 8.11. The van der Waals surface area contributed by atoms with Crippen LogP contribution in [0.5, 0.6) is 0 Å². The second kappa shape index (κ2) is 13.1. The SMILES string of the molecule is CN=C(NCCCn1nc(C)cc1C)NCc1ccc(CN2CCCCC2C)cc1.I. The van der Waals surface area contributed by atoms with Gasteiger partial charge in [0.15, 0.2) is 5.96 Å². The van der Waals surface area contributed by atoms with Crippen LogP contribution in [0.3, 0.4) is 0 Å². The highest BCUT2D eigenvalue weighted by Crippen LogP contribution is 2.19. The van der Waals surface area contributed by atoms with Gasteiger partial charge in [-0.1, -0.05) is 30.7 Å². The van der Waals surface area contributed by atoms with E-state index < -0.39 is 0 Å². The smallest absolute Gasteiger partial charge is 0.191 e. The molecular formula is C24H39IN6. The molecule has 0 spiro atoms. The third-order valence-corrected chi connectivity index (χ3v) is 5.98. The van der Waals surface area contributed by atoms with E-state index in [1.807, 2.05) is 14.0 Å². The zero-order valence-corrected chi connectivity index (χ0v) is 21.9. The summed E-state index contributed by atoms with van der Waals surface area (Å²) in [6.45, 7) is 11.3. The van der Waals surface area contributed by atoms with Crippen LogP contribution in [-0.4, -0.2) is 46.8 Å². The zero-order chi connectivity index (χ0) is 21.3. The van der Waals surface area contributed by atoms with Crippen LogP contribution in [0.1, 0.15) is 55.1 Å². The fourth-order valence-electron chi connectivity index (χ4n) is 4.13. The first kappa shape index (κ1) is 25.6. The minimum Gasteiger partial charge on any atom is -0.356 e. The van der Waals surface area contributed by atoms with Gasteiger partial charge in [0.2, 0.25) is 0 Å². The number of nitrogens with zero attached hydrogens (tertiary/aromatic N) is 4. The Labute approximate surface area is 204 Å². The highest BCUT2D eigenvalue weighted by molar-refractivity contribution is 14.0. The maximum Gasteiger partial charge on any atom is 0.191 e. The number of aromatic nitrogens is 2. The number of nitrogens with one attached hydrogen (secondary N) is 2. The van der Waals surface area contributed by atoms with E-state index in [0.717, 1.165) is 44.3 Å². The Morgan fingerprint density at radius 1 is 1.13 bits per heavy atom. The molecule has 1 atom stereocenters. The van der Waals surface area contributed by atoms with Crippen LogP contribution in [-0.2, 0) is 19.6 Å². The topological polar surface area (TPSA) is 57.5 Å². The van der Waals surface area contributed by atoms with E-state index in [9.17, 15) is 0 Å². The number of aliphatic imine (C=N–C) groups is 1. The maximum absolute atomic E-state index is 4.51. The lowest BCUT2D eigenvalue weighted by Gasteiger charge is -2.33. The molecule has 7 heteroatoms. The van der Waals surface area contributed by atoms with Crippen LogP contribution >= 0.6 is 24.0 Å². The Bertz CT molecular complexity index is 814. The normalized spacial score (nSPS) is 17.3. The second-order valence-electron chi connectivity index (χ2n) is 8.49.